The summed E-state index contributed by atoms with van der Waals surface area (Å²) in [4.78, 5) is 21.0. The molecule has 1 saturated carbocycles. The molecule has 12 heteroatoms. The molecule has 1 aliphatic carbocycles. The normalized spacial score (nSPS) is 22.6. The molecule has 1 amide bonds. The number of aromatic nitrogens is 1. The Balaban J connectivity index is 0.00000353. The van der Waals surface area contributed by atoms with Crippen LogP contribution in [0.3, 0.4) is 0 Å². The van der Waals surface area contributed by atoms with Crippen LogP contribution in [0.1, 0.15) is 43.4 Å². The highest BCUT2D eigenvalue weighted by molar-refractivity contribution is 6.10. The van der Waals surface area contributed by atoms with Crippen LogP contribution in [0.2, 0.25) is 0 Å². The summed E-state index contributed by atoms with van der Waals surface area (Å²) in [5.74, 6) is -4.11. The molecule has 2 aromatic carbocycles. The van der Waals surface area contributed by atoms with Crippen LogP contribution >= 0.6 is 12.4 Å². The summed E-state index contributed by atoms with van der Waals surface area (Å²) in [7, 11) is 0. The van der Waals surface area contributed by atoms with Gasteiger partial charge >= 0.3 is 6.18 Å². The van der Waals surface area contributed by atoms with Gasteiger partial charge in [-0.25, -0.2) is 13.8 Å². The van der Waals surface area contributed by atoms with E-state index in [1.54, 1.807) is 0 Å². The third-order valence-corrected chi connectivity index (χ3v) is 7.61. The summed E-state index contributed by atoms with van der Waals surface area (Å²) in [6.07, 6.45) is -1.25. The van der Waals surface area contributed by atoms with E-state index in [-0.39, 0.29) is 48.1 Å². The number of nitrogens with zero attached hydrogens (tertiary/aromatic N) is 3. The number of oxazole rings is 1. The first-order valence-corrected chi connectivity index (χ1v) is 12.4. The molecule has 1 aliphatic heterocycles. The lowest BCUT2D eigenvalue weighted by molar-refractivity contribution is -0.142. The van der Waals surface area contributed by atoms with Crippen molar-refractivity contribution in [2.75, 3.05) is 24.5 Å². The number of fused-ring (bicyclic) bond motifs is 1. The maximum Gasteiger partial charge on any atom is 0.416 e. The summed E-state index contributed by atoms with van der Waals surface area (Å²) in [5, 5.41) is 11.7. The molecule has 1 fully saturated rings. The lowest BCUT2D eigenvalue weighted by atomic mass is 9.78. The third kappa shape index (κ3) is 4.70. The average molecular weight is 572 g/mol. The monoisotopic (exact) mass is 571 g/mol. The van der Waals surface area contributed by atoms with Crippen LogP contribution in [0.4, 0.5) is 27.6 Å². The van der Waals surface area contributed by atoms with Gasteiger partial charge in [-0.3, -0.25) is 4.79 Å². The molecule has 2 heterocycles. The second-order valence-corrected chi connectivity index (χ2v) is 9.69. The van der Waals surface area contributed by atoms with Crippen molar-refractivity contribution in [1.82, 2.24) is 9.88 Å². The van der Waals surface area contributed by atoms with E-state index < -0.39 is 46.0 Å². The van der Waals surface area contributed by atoms with Gasteiger partial charge in [-0.1, -0.05) is 19.9 Å². The van der Waals surface area contributed by atoms with Crippen LogP contribution < -0.4 is 4.90 Å². The van der Waals surface area contributed by atoms with E-state index in [0.717, 1.165) is 36.2 Å². The zero-order valence-electron chi connectivity index (χ0n) is 21.1. The second-order valence-electron chi connectivity index (χ2n) is 9.69. The van der Waals surface area contributed by atoms with Crippen molar-refractivity contribution in [2.45, 2.75) is 44.5 Å². The first-order valence-electron chi connectivity index (χ1n) is 12.4. The highest BCUT2D eigenvalue weighted by atomic mass is 35.5. The largest absolute Gasteiger partial charge is 0.445 e. The van der Waals surface area contributed by atoms with E-state index in [1.165, 1.54) is 18.5 Å². The van der Waals surface area contributed by atoms with Gasteiger partial charge in [0.15, 0.2) is 0 Å². The molecule has 1 atom stereocenters. The number of amides is 1. The Morgan fingerprint density at radius 2 is 1.77 bits per heavy atom. The number of carbonyl (C=O) groups is 1. The molecule has 3 aromatic rings. The second kappa shape index (κ2) is 10.5. The first kappa shape index (κ1) is 29.0. The Labute approximate surface area is 227 Å². The molecule has 1 aromatic heterocycles. The molecule has 6 nitrogen and oxygen atoms in total. The Morgan fingerprint density at radius 3 is 2.31 bits per heavy atom. The zero-order chi connectivity index (χ0) is 27.4. The van der Waals surface area contributed by atoms with Crippen molar-refractivity contribution in [2.24, 2.45) is 5.92 Å². The summed E-state index contributed by atoms with van der Waals surface area (Å²) >= 11 is 0. The minimum Gasteiger partial charge on any atom is -0.445 e. The van der Waals surface area contributed by atoms with Crippen LogP contribution in [0.25, 0.3) is 11.5 Å². The fourth-order valence-electron chi connectivity index (χ4n) is 5.75. The molecule has 39 heavy (non-hydrogen) atoms. The highest BCUT2D eigenvalue weighted by Crippen LogP contribution is 2.53. The summed E-state index contributed by atoms with van der Waals surface area (Å²) < 4.78 is 78.4. The number of hydrogen-bond acceptors (Lipinski definition) is 5. The molecule has 0 radical (unpaired) electrons. The summed E-state index contributed by atoms with van der Waals surface area (Å²) in [6.45, 7) is 5.71. The van der Waals surface area contributed by atoms with Gasteiger partial charge in [-0.2, -0.15) is 13.2 Å². The van der Waals surface area contributed by atoms with Gasteiger partial charge < -0.3 is 19.3 Å². The summed E-state index contributed by atoms with van der Waals surface area (Å²) in [5.41, 5.74) is -7.06. The number of anilines is 1. The van der Waals surface area contributed by atoms with Crippen LogP contribution in [0.15, 0.2) is 47.2 Å². The van der Waals surface area contributed by atoms with E-state index in [1.807, 2.05) is 13.8 Å². The Morgan fingerprint density at radius 1 is 1.13 bits per heavy atom. The number of carbonyl (C=O) groups excluding carboxylic acids is 1. The van der Waals surface area contributed by atoms with Gasteiger partial charge in [0.2, 0.25) is 11.5 Å². The molecule has 1 unspecified atom stereocenters. The number of aliphatic hydroxyl groups is 1. The average Bonchev–Trinajstić information content (AvgIpc) is 3.44. The topological polar surface area (TPSA) is 69.8 Å². The fourth-order valence-corrected chi connectivity index (χ4v) is 5.75. The van der Waals surface area contributed by atoms with E-state index in [9.17, 15) is 31.9 Å². The lowest BCUT2D eigenvalue weighted by Crippen LogP contribution is -2.50. The van der Waals surface area contributed by atoms with Gasteiger partial charge in [-0.05, 0) is 56.1 Å². The standard InChI is InChI=1S/C27H26F5N3O3.ClH/c1-3-34(4-2)17-10-15(11-17)14-35-21-13-16(24-33-8-9-38-24)12-18(27(30,31)32)22(21)26(37,25(35)36)23-19(28)6-5-7-20(23)29;/h5-9,12-13,15,17,37H,3-4,10-11,14H2,1-2H3;1H. The predicted molar refractivity (Wildman–Crippen MR) is 135 cm³/mol. The molecular weight excluding hydrogens is 545 g/mol. The minimum atomic E-state index is -5.08. The SMILES string of the molecule is CCN(CC)C1CC(CN2C(=O)C(O)(c3c(F)cccc3F)c3c2cc(-c2ncco2)cc3C(F)(F)F)C1.Cl. The van der Waals surface area contributed by atoms with Gasteiger partial charge in [-0.15, -0.1) is 12.4 Å². The van der Waals surface area contributed by atoms with Crippen LogP contribution in [-0.2, 0) is 16.6 Å². The van der Waals surface area contributed by atoms with E-state index in [2.05, 4.69) is 9.88 Å². The van der Waals surface area contributed by atoms with Crippen LogP contribution in [0.5, 0.6) is 0 Å². The van der Waals surface area contributed by atoms with Crippen molar-refractivity contribution in [3.05, 3.63) is 71.1 Å². The maximum atomic E-state index is 14.9. The van der Waals surface area contributed by atoms with Crippen LogP contribution in [-0.4, -0.2) is 46.6 Å². The van der Waals surface area contributed by atoms with Gasteiger partial charge in [0.1, 0.15) is 17.9 Å². The van der Waals surface area contributed by atoms with Crippen molar-refractivity contribution in [3.63, 3.8) is 0 Å². The molecule has 1 N–H and O–H groups in total. The van der Waals surface area contributed by atoms with Crippen molar-refractivity contribution in [3.8, 4) is 11.5 Å². The molecule has 0 saturated heterocycles. The van der Waals surface area contributed by atoms with Crippen molar-refractivity contribution >= 4 is 24.0 Å². The first-order chi connectivity index (χ1) is 18.0. The molecule has 2 aliphatic rings. The smallest absolute Gasteiger partial charge is 0.416 e. The molecule has 5 rings (SSSR count). The lowest BCUT2D eigenvalue weighted by Gasteiger charge is -2.43. The number of alkyl halides is 3. The van der Waals surface area contributed by atoms with E-state index in [4.69, 9.17) is 4.42 Å². The molecular formula is C27H27ClF5N3O3. The van der Waals surface area contributed by atoms with Gasteiger partial charge in [0, 0.05) is 23.7 Å². The molecule has 0 bridgehead atoms. The number of benzene rings is 2. The predicted octanol–water partition coefficient (Wildman–Crippen LogP) is 5.76. The quantitative estimate of drug-likeness (QED) is 0.365. The molecule has 0 spiro atoms. The Hall–Kier alpha value is -3.02. The van der Waals surface area contributed by atoms with Gasteiger partial charge in [0.25, 0.3) is 5.91 Å². The highest BCUT2D eigenvalue weighted by Gasteiger charge is 2.58. The minimum absolute atomic E-state index is 0. The third-order valence-electron chi connectivity index (χ3n) is 7.61. The number of halogens is 6. The van der Waals surface area contributed by atoms with E-state index >= 15 is 0 Å². The van der Waals surface area contributed by atoms with Crippen molar-refractivity contribution in [1.29, 1.82) is 0 Å². The Kier molecular flexibility index (Phi) is 7.81. The zero-order valence-corrected chi connectivity index (χ0v) is 22.0. The maximum absolute atomic E-state index is 14.9. The van der Waals surface area contributed by atoms with E-state index in [0.29, 0.717) is 18.9 Å². The van der Waals surface area contributed by atoms with Crippen LogP contribution in [0, 0.1) is 17.6 Å². The van der Waals surface area contributed by atoms with Gasteiger partial charge in [0.05, 0.1) is 23.0 Å². The summed E-state index contributed by atoms with van der Waals surface area (Å²) in [6, 6.07) is 4.77. The number of hydrogen-bond donors (Lipinski definition) is 1. The van der Waals surface area contributed by atoms with Crippen molar-refractivity contribution < 1.29 is 36.3 Å². The Bertz CT molecular complexity index is 1340. The fraction of sp³-hybridized carbons (Fsp3) is 0.407. The number of rotatable bonds is 7. The molecule has 210 valence electrons.